The molecule has 0 aliphatic carbocycles. The average molecular weight is 297 g/mol. The first-order valence-corrected chi connectivity index (χ1v) is 8.07. The van der Waals surface area contributed by atoms with Crippen LogP contribution in [0.3, 0.4) is 0 Å². The maximum Gasteiger partial charge on any atom is 0.245 e. The Hall–Kier alpha value is -1.10. The van der Waals surface area contributed by atoms with Crippen LogP contribution in [-0.2, 0) is 9.59 Å². The molecule has 2 atom stereocenters. The quantitative estimate of drug-likeness (QED) is 0.743. The smallest absolute Gasteiger partial charge is 0.245 e. The van der Waals surface area contributed by atoms with Crippen molar-refractivity contribution in [3.63, 3.8) is 0 Å². The third-order valence-corrected chi connectivity index (χ3v) is 3.93. The summed E-state index contributed by atoms with van der Waals surface area (Å²) in [6.07, 6.45) is 1.51. The number of hydrogen-bond acceptors (Lipinski definition) is 3. The normalized spacial score (nSPS) is 20.1. The topological polar surface area (TPSA) is 61.4 Å². The number of carbonyl (C=O) groups excluding carboxylic acids is 2. The van der Waals surface area contributed by atoms with E-state index in [4.69, 9.17) is 0 Å². The molecule has 0 aromatic heterocycles. The Balaban J connectivity index is 2.60. The Morgan fingerprint density at radius 1 is 1.24 bits per heavy atom. The van der Waals surface area contributed by atoms with Crippen LogP contribution >= 0.6 is 0 Å². The van der Waals surface area contributed by atoms with Gasteiger partial charge in [-0.3, -0.25) is 9.59 Å². The lowest BCUT2D eigenvalue weighted by Gasteiger charge is -2.27. The number of hydrogen-bond donors (Lipinski definition) is 2. The monoisotopic (exact) mass is 297 g/mol. The standard InChI is InChI=1S/C16H31N3O2/c1-11(2)8-14(20)18-15(12(3)4)16(21)19-7-6-13(10-19)9-17-5/h11-13,15,17H,6-10H2,1-5H3,(H,18,20). The number of nitrogens with one attached hydrogen (secondary N) is 2. The summed E-state index contributed by atoms with van der Waals surface area (Å²) in [5.74, 6) is 0.985. The molecule has 1 aliphatic heterocycles. The van der Waals surface area contributed by atoms with Gasteiger partial charge in [0.1, 0.15) is 6.04 Å². The van der Waals surface area contributed by atoms with Crippen molar-refractivity contribution in [1.29, 1.82) is 0 Å². The van der Waals surface area contributed by atoms with E-state index >= 15 is 0 Å². The Morgan fingerprint density at radius 2 is 1.90 bits per heavy atom. The van der Waals surface area contributed by atoms with Crippen molar-refractivity contribution in [2.75, 3.05) is 26.7 Å². The van der Waals surface area contributed by atoms with Gasteiger partial charge in [-0.2, -0.15) is 0 Å². The largest absolute Gasteiger partial charge is 0.344 e. The van der Waals surface area contributed by atoms with Gasteiger partial charge in [-0.05, 0) is 37.8 Å². The van der Waals surface area contributed by atoms with Gasteiger partial charge < -0.3 is 15.5 Å². The lowest BCUT2D eigenvalue weighted by atomic mass is 10.0. The molecule has 21 heavy (non-hydrogen) atoms. The van der Waals surface area contributed by atoms with Gasteiger partial charge >= 0.3 is 0 Å². The minimum Gasteiger partial charge on any atom is -0.344 e. The van der Waals surface area contributed by atoms with Crippen LogP contribution in [0.2, 0.25) is 0 Å². The highest BCUT2D eigenvalue weighted by Crippen LogP contribution is 2.18. The fourth-order valence-electron chi connectivity index (χ4n) is 2.80. The highest BCUT2D eigenvalue weighted by atomic mass is 16.2. The number of nitrogens with zero attached hydrogens (tertiary/aromatic N) is 1. The van der Waals surface area contributed by atoms with E-state index in [1.54, 1.807) is 0 Å². The highest BCUT2D eigenvalue weighted by molar-refractivity contribution is 5.88. The molecule has 0 spiro atoms. The summed E-state index contributed by atoms with van der Waals surface area (Å²) in [6, 6.07) is -0.399. The Labute approximate surface area is 128 Å². The van der Waals surface area contributed by atoms with E-state index in [9.17, 15) is 9.59 Å². The first-order valence-electron chi connectivity index (χ1n) is 8.07. The van der Waals surface area contributed by atoms with Gasteiger partial charge in [0.2, 0.25) is 11.8 Å². The predicted molar refractivity (Wildman–Crippen MR) is 84.8 cm³/mol. The van der Waals surface area contributed by atoms with Crippen molar-refractivity contribution in [3.05, 3.63) is 0 Å². The Bertz CT molecular complexity index is 355. The van der Waals surface area contributed by atoms with Gasteiger partial charge in [0.15, 0.2) is 0 Å². The fraction of sp³-hybridized carbons (Fsp3) is 0.875. The minimum absolute atomic E-state index is 0.0250. The van der Waals surface area contributed by atoms with E-state index < -0.39 is 6.04 Å². The SMILES string of the molecule is CNCC1CCN(C(=O)C(NC(=O)CC(C)C)C(C)C)C1. The van der Waals surface area contributed by atoms with Crippen molar-refractivity contribution >= 4 is 11.8 Å². The lowest BCUT2D eigenvalue weighted by molar-refractivity contribution is -0.137. The molecule has 2 unspecified atom stereocenters. The highest BCUT2D eigenvalue weighted by Gasteiger charge is 2.32. The molecule has 2 N–H and O–H groups in total. The molecular formula is C16H31N3O2. The number of rotatable bonds is 7. The van der Waals surface area contributed by atoms with Crippen LogP contribution in [0.5, 0.6) is 0 Å². The van der Waals surface area contributed by atoms with Crippen molar-refractivity contribution in [2.45, 2.75) is 46.6 Å². The number of likely N-dealkylation sites (tertiary alicyclic amines) is 1. The summed E-state index contributed by atoms with van der Waals surface area (Å²) in [5, 5.41) is 6.09. The summed E-state index contributed by atoms with van der Waals surface area (Å²) in [5.41, 5.74) is 0. The van der Waals surface area contributed by atoms with E-state index in [0.29, 0.717) is 18.3 Å². The van der Waals surface area contributed by atoms with Gasteiger partial charge in [-0.15, -0.1) is 0 Å². The van der Waals surface area contributed by atoms with E-state index in [-0.39, 0.29) is 17.7 Å². The van der Waals surface area contributed by atoms with E-state index in [1.165, 1.54) is 0 Å². The van der Waals surface area contributed by atoms with Crippen LogP contribution in [0.15, 0.2) is 0 Å². The number of amides is 2. The van der Waals surface area contributed by atoms with E-state index in [1.807, 2.05) is 39.6 Å². The first-order chi connectivity index (χ1) is 9.85. The maximum atomic E-state index is 12.6. The molecule has 0 saturated carbocycles. The van der Waals surface area contributed by atoms with Crippen LogP contribution < -0.4 is 10.6 Å². The van der Waals surface area contributed by atoms with Crippen molar-refractivity contribution in [3.8, 4) is 0 Å². The second kappa shape index (κ2) is 8.37. The van der Waals surface area contributed by atoms with Crippen molar-refractivity contribution in [2.24, 2.45) is 17.8 Å². The Kier molecular flexibility index (Phi) is 7.15. The molecule has 0 aromatic rings. The molecule has 5 nitrogen and oxygen atoms in total. The summed E-state index contributed by atoms with van der Waals surface area (Å²) >= 11 is 0. The summed E-state index contributed by atoms with van der Waals surface area (Å²) < 4.78 is 0. The lowest BCUT2D eigenvalue weighted by Crippen LogP contribution is -2.51. The molecule has 1 fully saturated rings. The summed E-state index contributed by atoms with van der Waals surface area (Å²) in [6.45, 7) is 10.5. The second-order valence-electron chi connectivity index (χ2n) is 6.88. The third-order valence-electron chi connectivity index (χ3n) is 3.93. The second-order valence-corrected chi connectivity index (χ2v) is 6.88. The van der Waals surface area contributed by atoms with E-state index in [0.717, 1.165) is 26.1 Å². The van der Waals surface area contributed by atoms with Gasteiger partial charge in [-0.1, -0.05) is 27.7 Å². The zero-order valence-corrected chi connectivity index (χ0v) is 14.1. The van der Waals surface area contributed by atoms with Crippen LogP contribution in [0.25, 0.3) is 0 Å². The Morgan fingerprint density at radius 3 is 2.43 bits per heavy atom. The zero-order chi connectivity index (χ0) is 16.0. The van der Waals surface area contributed by atoms with Crippen LogP contribution in [0.1, 0.15) is 40.5 Å². The van der Waals surface area contributed by atoms with E-state index in [2.05, 4.69) is 10.6 Å². The molecule has 0 radical (unpaired) electrons. The first kappa shape index (κ1) is 18.0. The maximum absolute atomic E-state index is 12.6. The fourth-order valence-corrected chi connectivity index (χ4v) is 2.80. The molecular weight excluding hydrogens is 266 g/mol. The molecule has 1 aliphatic rings. The number of carbonyl (C=O) groups is 2. The molecule has 0 bridgehead atoms. The van der Waals surface area contributed by atoms with Gasteiger partial charge in [0.25, 0.3) is 0 Å². The van der Waals surface area contributed by atoms with Crippen molar-refractivity contribution < 1.29 is 9.59 Å². The zero-order valence-electron chi connectivity index (χ0n) is 14.1. The van der Waals surface area contributed by atoms with Crippen LogP contribution in [0, 0.1) is 17.8 Å². The summed E-state index contributed by atoms with van der Waals surface area (Å²) in [7, 11) is 1.94. The van der Waals surface area contributed by atoms with Crippen molar-refractivity contribution in [1.82, 2.24) is 15.5 Å². The van der Waals surface area contributed by atoms with Crippen LogP contribution in [-0.4, -0.2) is 49.4 Å². The van der Waals surface area contributed by atoms with Gasteiger partial charge in [0, 0.05) is 19.5 Å². The van der Waals surface area contributed by atoms with Crippen LogP contribution in [0.4, 0.5) is 0 Å². The molecule has 1 rings (SSSR count). The minimum atomic E-state index is -0.399. The molecule has 1 saturated heterocycles. The van der Waals surface area contributed by atoms with Gasteiger partial charge in [-0.25, -0.2) is 0 Å². The predicted octanol–water partition coefficient (Wildman–Crippen LogP) is 1.24. The average Bonchev–Trinajstić information content (AvgIpc) is 2.83. The molecule has 5 heteroatoms. The molecule has 0 aromatic carbocycles. The summed E-state index contributed by atoms with van der Waals surface area (Å²) in [4.78, 5) is 26.5. The van der Waals surface area contributed by atoms with Gasteiger partial charge in [0.05, 0.1) is 0 Å². The third kappa shape index (κ3) is 5.65. The molecule has 2 amide bonds. The molecule has 122 valence electrons. The molecule has 1 heterocycles.